The average Bonchev–Trinajstić information content (AvgIpc) is 3.34. The maximum Gasteiger partial charge on any atom is 0.251 e. The van der Waals surface area contributed by atoms with Gasteiger partial charge in [-0.05, 0) is 54.1 Å². The molecule has 1 saturated heterocycles. The second-order valence-electron chi connectivity index (χ2n) is 8.84. The van der Waals surface area contributed by atoms with Crippen LogP contribution in [-0.2, 0) is 4.79 Å². The molecule has 0 radical (unpaired) electrons. The van der Waals surface area contributed by atoms with Crippen molar-refractivity contribution in [3.05, 3.63) is 95.6 Å². The predicted molar refractivity (Wildman–Crippen MR) is 137 cm³/mol. The van der Waals surface area contributed by atoms with Crippen molar-refractivity contribution in [1.82, 2.24) is 10.2 Å². The van der Waals surface area contributed by atoms with Gasteiger partial charge in [0.25, 0.3) is 5.91 Å². The van der Waals surface area contributed by atoms with Crippen LogP contribution >= 0.6 is 11.8 Å². The number of carbonyl (C=O) groups excluding carboxylic acids is 2. The highest BCUT2D eigenvalue weighted by molar-refractivity contribution is 7.98. The molecule has 2 aliphatic rings. The molecule has 3 aromatic rings. The molecule has 0 aliphatic carbocycles. The molecule has 34 heavy (non-hydrogen) atoms. The Balaban J connectivity index is 1.32. The SMILES string of the molecule is CSc1ccc([C@@H]2Nc3ccccc3[C@H]3[C@@H]2CCN3C(=O)CCNC(=O)c2ccccc2)cc1. The molecular formula is C28H29N3O2S. The molecule has 0 unspecified atom stereocenters. The van der Waals surface area contributed by atoms with Crippen molar-refractivity contribution in [2.24, 2.45) is 5.92 Å². The van der Waals surface area contributed by atoms with E-state index < -0.39 is 0 Å². The molecule has 2 heterocycles. The minimum absolute atomic E-state index is 0.0417. The lowest BCUT2D eigenvalue weighted by Gasteiger charge is -2.40. The molecule has 0 spiro atoms. The van der Waals surface area contributed by atoms with Crippen molar-refractivity contribution in [3.8, 4) is 0 Å². The van der Waals surface area contributed by atoms with Gasteiger partial charge in [-0.2, -0.15) is 0 Å². The second kappa shape index (κ2) is 9.94. The first-order valence-corrected chi connectivity index (χ1v) is 13.0. The Labute approximate surface area is 204 Å². The minimum atomic E-state index is -0.145. The lowest BCUT2D eigenvalue weighted by Crippen LogP contribution is -2.38. The van der Waals surface area contributed by atoms with Crippen molar-refractivity contribution in [2.75, 3.05) is 24.7 Å². The van der Waals surface area contributed by atoms with E-state index >= 15 is 0 Å². The van der Waals surface area contributed by atoms with E-state index in [1.807, 2.05) is 35.2 Å². The fourth-order valence-corrected chi connectivity index (χ4v) is 5.67. The van der Waals surface area contributed by atoms with E-state index in [9.17, 15) is 9.59 Å². The number of likely N-dealkylation sites (tertiary alicyclic amines) is 1. The number of rotatable bonds is 6. The number of amides is 2. The molecule has 2 aliphatic heterocycles. The van der Waals surface area contributed by atoms with Gasteiger partial charge in [-0.3, -0.25) is 9.59 Å². The summed E-state index contributed by atoms with van der Waals surface area (Å²) in [5.74, 6) is 0.251. The topological polar surface area (TPSA) is 61.4 Å². The van der Waals surface area contributed by atoms with E-state index in [1.165, 1.54) is 16.0 Å². The summed E-state index contributed by atoms with van der Waals surface area (Å²) in [6, 6.07) is 26.4. The van der Waals surface area contributed by atoms with Gasteiger partial charge in [0.1, 0.15) is 0 Å². The number of carbonyl (C=O) groups is 2. The molecule has 174 valence electrons. The van der Waals surface area contributed by atoms with Gasteiger partial charge in [0, 0.05) is 41.6 Å². The number of nitrogens with zero attached hydrogens (tertiary/aromatic N) is 1. The monoisotopic (exact) mass is 471 g/mol. The number of para-hydroxylation sites is 1. The zero-order chi connectivity index (χ0) is 23.5. The molecule has 3 atom stereocenters. The summed E-state index contributed by atoms with van der Waals surface area (Å²) in [6.45, 7) is 1.07. The van der Waals surface area contributed by atoms with Gasteiger partial charge < -0.3 is 15.5 Å². The summed E-state index contributed by atoms with van der Waals surface area (Å²) < 4.78 is 0. The Morgan fingerprint density at radius 1 is 1.00 bits per heavy atom. The van der Waals surface area contributed by atoms with Gasteiger partial charge in [0.05, 0.1) is 12.1 Å². The Bertz CT molecular complexity index is 1170. The number of benzene rings is 3. The van der Waals surface area contributed by atoms with E-state index in [2.05, 4.69) is 53.3 Å². The smallest absolute Gasteiger partial charge is 0.251 e. The van der Waals surface area contributed by atoms with Crippen LogP contribution in [0.3, 0.4) is 0 Å². The van der Waals surface area contributed by atoms with Crippen LogP contribution in [0, 0.1) is 5.92 Å². The molecule has 2 amide bonds. The number of nitrogens with one attached hydrogen (secondary N) is 2. The van der Waals surface area contributed by atoms with E-state index in [0.29, 0.717) is 24.4 Å². The van der Waals surface area contributed by atoms with Gasteiger partial charge in [0.15, 0.2) is 0 Å². The molecule has 6 heteroatoms. The molecule has 5 rings (SSSR count). The van der Waals surface area contributed by atoms with Crippen LogP contribution in [0.2, 0.25) is 0 Å². The van der Waals surface area contributed by atoms with E-state index in [1.54, 1.807) is 23.9 Å². The fourth-order valence-electron chi connectivity index (χ4n) is 5.26. The fraction of sp³-hybridized carbons (Fsp3) is 0.286. The van der Waals surface area contributed by atoms with Crippen LogP contribution in [0.1, 0.15) is 46.4 Å². The van der Waals surface area contributed by atoms with Crippen LogP contribution in [0.4, 0.5) is 5.69 Å². The van der Waals surface area contributed by atoms with Gasteiger partial charge in [-0.25, -0.2) is 0 Å². The standard InChI is InChI=1S/C28H29N3O2S/c1-34-21-13-11-19(12-14-21)26-23-16-18-31(27(23)22-9-5-6-10-24(22)30-26)25(32)15-17-29-28(33)20-7-3-2-4-8-20/h2-14,23,26-27,30H,15-18H2,1H3,(H,29,33)/t23-,26+,27+/m1/s1. The lowest BCUT2D eigenvalue weighted by molar-refractivity contribution is -0.132. The minimum Gasteiger partial charge on any atom is -0.378 e. The number of hydrogen-bond donors (Lipinski definition) is 2. The van der Waals surface area contributed by atoms with Crippen molar-refractivity contribution < 1.29 is 9.59 Å². The lowest BCUT2D eigenvalue weighted by atomic mass is 9.80. The Kier molecular flexibility index (Phi) is 6.59. The first-order chi connectivity index (χ1) is 16.7. The molecule has 1 fully saturated rings. The van der Waals surface area contributed by atoms with Crippen LogP contribution in [0.25, 0.3) is 0 Å². The van der Waals surface area contributed by atoms with Crippen molar-refractivity contribution in [3.63, 3.8) is 0 Å². The maximum atomic E-state index is 13.3. The molecular weight excluding hydrogens is 442 g/mol. The van der Waals surface area contributed by atoms with Crippen molar-refractivity contribution >= 4 is 29.3 Å². The zero-order valence-electron chi connectivity index (χ0n) is 19.2. The van der Waals surface area contributed by atoms with Crippen LogP contribution in [0.5, 0.6) is 0 Å². The molecule has 0 saturated carbocycles. The number of hydrogen-bond acceptors (Lipinski definition) is 4. The largest absolute Gasteiger partial charge is 0.378 e. The van der Waals surface area contributed by atoms with Crippen LogP contribution in [0.15, 0.2) is 83.8 Å². The van der Waals surface area contributed by atoms with Crippen LogP contribution < -0.4 is 10.6 Å². The van der Waals surface area contributed by atoms with E-state index in [0.717, 1.165) is 18.7 Å². The molecule has 3 aromatic carbocycles. The number of thioether (sulfide) groups is 1. The predicted octanol–water partition coefficient (Wildman–Crippen LogP) is 5.29. The van der Waals surface area contributed by atoms with Gasteiger partial charge in [0.2, 0.25) is 5.91 Å². The third-order valence-electron chi connectivity index (χ3n) is 6.92. The molecule has 5 nitrogen and oxygen atoms in total. The number of fused-ring (bicyclic) bond motifs is 3. The highest BCUT2D eigenvalue weighted by Crippen LogP contribution is 2.51. The highest BCUT2D eigenvalue weighted by Gasteiger charge is 2.45. The molecule has 2 N–H and O–H groups in total. The third kappa shape index (κ3) is 4.42. The van der Waals surface area contributed by atoms with E-state index in [4.69, 9.17) is 0 Å². The Hall–Kier alpha value is -3.25. The summed E-state index contributed by atoms with van der Waals surface area (Å²) in [4.78, 5) is 28.9. The average molecular weight is 472 g/mol. The zero-order valence-corrected chi connectivity index (χ0v) is 20.1. The van der Waals surface area contributed by atoms with E-state index in [-0.39, 0.29) is 23.9 Å². The maximum absolute atomic E-state index is 13.3. The first kappa shape index (κ1) is 22.5. The summed E-state index contributed by atoms with van der Waals surface area (Å²) >= 11 is 1.74. The number of anilines is 1. The van der Waals surface area contributed by atoms with Gasteiger partial charge >= 0.3 is 0 Å². The summed E-state index contributed by atoms with van der Waals surface area (Å²) in [7, 11) is 0. The Morgan fingerprint density at radius 2 is 1.74 bits per heavy atom. The first-order valence-electron chi connectivity index (χ1n) is 11.8. The van der Waals surface area contributed by atoms with Crippen molar-refractivity contribution in [1.29, 1.82) is 0 Å². The summed E-state index contributed by atoms with van der Waals surface area (Å²) in [5.41, 5.74) is 4.15. The third-order valence-corrected chi connectivity index (χ3v) is 7.66. The van der Waals surface area contributed by atoms with Crippen LogP contribution in [-0.4, -0.2) is 36.1 Å². The second-order valence-corrected chi connectivity index (χ2v) is 9.72. The Morgan fingerprint density at radius 3 is 2.50 bits per heavy atom. The summed E-state index contributed by atoms with van der Waals surface area (Å²) in [5, 5.41) is 6.65. The summed E-state index contributed by atoms with van der Waals surface area (Å²) in [6.07, 6.45) is 3.33. The van der Waals surface area contributed by atoms with Crippen molar-refractivity contribution in [2.45, 2.75) is 29.8 Å². The normalized spacial score (nSPS) is 20.7. The highest BCUT2D eigenvalue weighted by atomic mass is 32.2. The van der Waals surface area contributed by atoms with Gasteiger partial charge in [-0.1, -0.05) is 48.5 Å². The quantitative estimate of drug-likeness (QED) is 0.480. The molecule has 0 bridgehead atoms. The van der Waals surface area contributed by atoms with Gasteiger partial charge in [-0.15, -0.1) is 11.8 Å². The molecule has 0 aromatic heterocycles.